The molecule has 3 heterocycles. The fourth-order valence-electron chi connectivity index (χ4n) is 4.73. The summed E-state index contributed by atoms with van der Waals surface area (Å²) in [5, 5.41) is 2.27. The molecular formula is C25H21F3N4O3. The van der Waals surface area contributed by atoms with E-state index in [4.69, 9.17) is 0 Å². The number of piperidine rings is 1. The highest BCUT2D eigenvalue weighted by molar-refractivity contribution is 6.05. The van der Waals surface area contributed by atoms with Crippen LogP contribution >= 0.6 is 0 Å². The number of amides is 3. The van der Waals surface area contributed by atoms with Crippen LogP contribution in [0.15, 0.2) is 48.5 Å². The van der Waals surface area contributed by atoms with Gasteiger partial charge < -0.3 is 9.47 Å². The first kappa shape index (κ1) is 22.8. The maximum Gasteiger partial charge on any atom is 0.396 e. The number of carbonyl (C=O) groups excluding carboxylic acids is 3. The summed E-state index contributed by atoms with van der Waals surface area (Å²) >= 11 is 0. The summed E-state index contributed by atoms with van der Waals surface area (Å²) in [7, 11) is 1.56. The Morgan fingerprint density at radius 3 is 2.49 bits per heavy atom. The number of aromatic nitrogens is 2. The molecule has 0 bridgehead atoms. The minimum absolute atomic E-state index is 0.118. The van der Waals surface area contributed by atoms with Crippen LogP contribution in [0.2, 0.25) is 0 Å². The highest BCUT2D eigenvalue weighted by Crippen LogP contribution is 2.37. The lowest BCUT2D eigenvalue weighted by Crippen LogP contribution is -2.52. The van der Waals surface area contributed by atoms with Gasteiger partial charge in [0.05, 0.1) is 11.4 Å². The molecule has 0 aliphatic carbocycles. The average Bonchev–Trinajstić information content (AvgIpc) is 3.29. The first-order valence-corrected chi connectivity index (χ1v) is 11.1. The van der Waals surface area contributed by atoms with Crippen LogP contribution in [-0.4, -0.2) is 44.4 Å². The van der Waals surface area contributed by atoms with Gasteiger partial charge in [-0.2, -0.15) is 13.2 Å². The zero-order valence-corrected chi connectivity index (χ0v) is 18.7. The lowest BCUT2D eigenvalue weighted by Gasteiger charge is -2.29. The van der Waals surface area contributed by atoms with Crippen molar-refractivity contribution >= 4 is 17.7 Å². The van der Waals surface area contributed by atoms with Crippen LogP contribution in [0.4, 0.5) is 13.2 Å². The van der Waals surface area contributed by atoms with Gasteiger partial charge in [-0.3, -0.25) is 19.7 Å². The highest BCUT2D eigenvalue weighted by Gasteiger charge is 2.39. The average molecular weight is 482 g/mol. The highest BCUT2D eigenvalue weighted by atomic mass is 19.4. The molecule has 5 rings (SSSR count). The predicted octanol–water partition coefficient (Wildman–Crippen LogP) is 3.62. The number of rotatable bonds is 4. The van der Waals surface area contributed by atoms with Crippen molar-refractivity contribution in [1.82, 2.24) is 19.8 Å². The van der Waals surface area contributed by atoms with Gasteiger partial charge in [0.1, 0.15) is 18.3 Å². The van der Waals surface area contributed by atoms with Gasteiger partial charge in [0, 0.05) is 36.7 Å². The van der Waals surface area contributed by atoms with E-state index >= 15 is 0 Å². The Bertz CT molecular complexity index is 1350. The van der Waals surface area contributed by atoms with Crippen molar-refractivity contribution in [3.05, 3.63) is 65.5 Å². The van der Waals surface area contributed by atoms with Crippen LogP contribution in [0.5, 0.6) is 0 Å². The largest absolute Gasteiger partial charge is 0.396 e. The Balaban J connectivity index is 1.54. The Hall–Kier alpha value is -3.95. The summed E-state index contributed by atoms with van der Waals surface area (Å²) in [6.07, 6.45) is -5.19. The molecule has 3 amide bonds. The number of hydrogen-bond acceptors (Lipinski definition) is 4. The fraction of sp³-hybridized carbons (Fsp3) is 0.280. The van der Waals surface area contributed by atoms with Crippen LogP contribution in [0.1, 0.15) is 34.6 Å². The Morgan fingerprint density at radius 2 is 1.80 bits per heavy atom. The quantitative estimate of drug-likeness (QED) is 0.576. The minimum atomic E-state index is -4.42. The first-order chi connectivity index (χ1) is 16.6. The summed E-state index contributed by atoms with van der Waals surface area (Å²) in [6.45, 7) is 0.164. The number of imidazole rings is 1. The molecule has 2 aliphatic rings. The molecule has 1 unspecified atom stereocenters. The van der Waals surface area contributed by atoms with Crippen molar-refractivity contribution in [2.45, 2.75) is 38.0 Å². The molecule has 2 aromatic carbocycles. The maximum absolute atomic E-state index is 13.2. The number of halogens is 3. The van der Waals surface area contributed by atoms with Crippen LogP contribution in [0.25, 0.3) is 22.5 Å². The molecule has 1 N–H and O–H groups in total. The number of carbonyl (C=O) groups is 3. The van der Waals surface area contributed by atoms with E-state index in [2.05, 4.69) is 10.3 Å². The third-order valence-electron chi connectivity index (χ3n) is 6.39. The van der Waals surface area contributed by atoms with Gasteiger partial charge in [-0.1, -0.05) is 36.4 Å². The van der Waals surface area contributed by atoms with Crippen LogP contribution < -0.4 is 5.32 Å². The number of benzene rings is 2. The number of imide groups is 1. The Labute approximate surface area is 198 Å². The summed E-state index contributed by atoms with van der Waals surface area (Å²) in [4.78, 5) is 42.6. The molecule has 0 radical (unpaired) electrons. The summed E-state index contributed by atoms with van der Waals surface area (Å²) in [5.74, 6) is -1.30. The molecule has 2 aliphatic heterocycles. The van der Waals surface area contributed by atoms with E-state index in [0.29, 0.717) is 33.6 Å². The van der Waals surface area contributed by atoms with Crippen molar-refractivity contribution in [3.63, 3.8) is 0 Å². The molecule has 180 valence electrons. The van der Waals surface area contributed by atoms with Gasteiger partial charge in [-0.05, 0) is 24.1 Å². The third kappa shape index (κ3) is 4.20. The molecule has 1 fully saturated rings. The van der Waals surface area contributed by atoms with Gasteiger partial charge in [0.15, 0.2) is 0 Å². The van der Waals surface area contributed by atoms with E-state index in [1.807, 2.05) is 6.07 Å². The van der Waals surface area contributed by atoms with E-state index in [0.717, 1.165) is 0 Å². The standard InChI is InChI=1S/C25H21F3N4O3/c1-31-19(12-25(26,27)28)29-21(22(31)14-5-3-2-4-6-14)15-7-8-17-16(11-15)13-32(24(17)35)18-9-10-20(33)30-23(18)34/h2-8,11,18H,9-10,12-13H2,1H3,(H,30,33,34). The number of fused-ring (bicyclic) bond motifs is 1. The number of nitrogens with one attached hydrogen (secondary N) is 1. The summed E-state index contributed by atoms with van der Waals surface area (Å²) in [5.41, 5.74) is 3.28. The maximum atomic E-state index is 13.2. The zero-order chi connectivity index (χ0) is 24.9. The molecule has 1 aromatic heterocycles. The van der Waals surface area contributed by atoms with E-state index in [9.17, 15) is 27.6 Å². The molecule has 1 atom stereocenters. The number of hydrogen-bond donors (Lipinski definition) is 1. The first-order valence-electron chi connectivity index (χ1n) is 11.1. The second-order valence-corrected chi connectivity index (χ2v) is 8.71. The van der Waals surface area contributed by atoms with E-state index in [-0.39, 0.29) is 37.0 Å². The zero-order valence-electron chi connectivity index (χ0n) is 18.7. The second kappa shape index (κ2) is 8.37. The van der Waals surface area contributed by atoms with Gasteiger partial charge in [0.25, 0.3) is 5.91 Å². The molecule has 3 aromatic rings. The van der Waals surface area contributed by atoms with Crippen molar-refractivity contribution in [3.8, 4) is 22.5 Å². The van der Waals surface area contributed by atoms with Crippen molar-refractivity contribution < 1.29 is 27.6 Å². The predicted molar refractivity (Wildman–Crippen MR) is 120 cm³/mol. The van der Waals surface area contributed by atoms with Crippen LogP contribution in [-0.2, 0) is 29.6 Å². The van der Waals surface area contributed by atoms with Crippen molar-refractivity contribution in [1.29, 1.82) is 0 Å². The van der Waals surface area contributed by atoms with Crippen molar-refractivity contribution in [2.24, 2.45) is 7.05 Å². The van der Waals surface area contributed by atoms with Crippen LogP contribution in [0, 0.1) is 0 Å². The minimum Gasteiger partial charge on any atom is -0.330 e. The molecule has 10 heteroatoms. The fourth-order valence-corrected chi connectivity index (χ4v) is 4.73. The molecule has 7 nitrogen and oxygen atoms in total. The van der Waals surface area contributed by atoms with Gasteiger partial charge in [-0.15, -0.1) is 0 Å². The second-order valence-electron chi connectivity index (χ2n) is 8.71. The monoisotopic (exact) mass is 482 g/mol. The molecule has 1 saturated heterocycles. The number of nitrogens with zero attached hydrogens (tertiary/aromatic N) is 3. The lowest BCUT2D eigenvalue weighted by molar-refractivity contribution is -0.137. The Kier molecular flexibility index (Phi) is 5.46. The van der Waals surface area contributed by atoms with E-state index in [1.165, 1.54) is 9.47 Å². The molecule has 0 saturated carbocycles. The third-order valence-corrected chi connectivity index (χ3v) is 6.39. The smallest absolute Gasteiger partial charge is 0.330 e. The Morgan fingerprint density at radius 1 is 1.06 bits per heavy atom. The van der Waals surface area contributed by atoms with Gasteiger partial charge >= 0.3 is 6.18 Å². The lowest BCUT2D eigenvalue weighted by atomic mass is 10.0. The van der Waals surface area contributed by atoms with Crippen molar-refractivity contribution in [2.75, 3.05) is 0 Å². The van der Waals surface area contributed by atoms with E-state index < -0.39 is 24.5 Å². The molecular weight excluding hydrogens is 461 g/mol. The summed E-state index contributed by atoms with van der Waals surface area (Å²) < 4.78 is 41.1. The summed E-state index contributed by atoms with van der Waals surface area (Å²) in [6, 6.07) is 13.3. The number of alkyl halides is 3. The topological polar surface area (TPSA) is 84.3 Å². The van der Waals surface area contributed by atoms with Gasteiger partial charge in [-0.25, -0.2) is 4.98 Å². The van der Waals surface area contributed by atoms with Gasteiger partial charge in [0.2, 0.25) is 11.8 Å². The van der Waals surface area contributed by atoms with Crippen LogP contribution in [0.3, 0.4) is 0 Å². The van der Waals surface area contributed by atoms with E-state index in [1.54, 1.807) is 49.5 Å². The normalized spacial score (nSPS) is 18.1. The molecule has 35 heavy (non-hydrogen) atoms. The SMILES string of the molecule is Cn1c(CC(F)(F)F)nc(-c2ccc3c(c2)CN(C2CCC(=O)NC2=O)C3=O)c1-c1ccccc1. The molecule has 0 spiro atoms.